The van der Waals surface area contributed by atoms with Gasteiger partial charge in [0.15, 0.2) is 6.10 Å². The van der Waals surface area contributed by atoms with Crippen LogP contribution in [0.25, 0.3) is 0 Å². The van der Waals surface area contributed by atoms with E-state index in [-0.39, 0.29) is 31.1 Å². The van der Waals surface area contributed by atoms with E-state index in [4.69, 9.17) is 14.2 Å². The van der Waals surface area contributed by atoms with E-state index in [9.17, 15) is 14.4 Å². The maximum Gasteiger partial charge on any atom is 0.306 e. The lowest BCUT2D eigenvalue weighted by Gasteiger charge is -2.18. The Morgan fingerprint density at radius 1 is 0.333 bits per heavy atom. The first-order valence-corrected chi connectivity index (χ1v) is 26.4. The first-order chi connectivity index (χ1) is 31.0. The van der Waals surface area contributed by atoms with E-state index in [1.54, 1.807) is 0 Å². The molecule has 0 aliphatic heterocycles. The Morgan fingerprint density at radius 3 is 1.02 bits per heavy atom. The van der Waals surface area contributed by atoms with Gasteiger partial charge in [-0.25, -0.2) is 0 Å². The van der Waals surface area contributed by atoms with Crippen LogP contribution < -0.4 is 0 Å². The van der Waals surface area contributed by atoms with Crippen molar-refractivity contribution in [3.8, 4) is 0 Å². The summed E-state index contributed by atoms with van der Waals surface area (Å²) in [5.74, 6) is -0.941. The highest BCUT2D eigenvalue weighted by atomic mass is 16.6. The Morgan fingerprint density at radius 2 is 0.619 bits per heavy atom. The zero-order chi connectivity index (χ0) is 45.8. The highest BCUT2D eigenvalue weighted by Crippen LogP contribution is 2.14. The molecule has 0 heterocycles. The summed E-state index contributed by atoms with van der Waals surface area (Å²) >= 11 is 0. The molecule has 0 radical (unpaired) electrons. The molecule has 0 rings (SSSR count). The van der Waals surface area contributed by atoms with Gasteiger partial charge in [0.2, 0.25) is 0 Å². The quantitative estimate of drug-likeness (QED) is 0.0262. The van der Waals surface area contributed by atoms with Gasteiger partial charge >= 0.3 is 17.9 Å². The van der Waals surface area contributed by atoms with Gasteiger partial charge in [-0.05, 0) is 109 Å². The van der Waals surface area contributed by atoms with Crippen LogP contribution in [0.2, 0.25) is 0 Å². The molecule has 0 aliphatic rings. The minimum absolute atomic E-state index is 0.0923. The summed E-state index contributed by atoms with van der Waals surface area (Å²) in [6.07, 6.45) is 64.5. The second-order valence-electron chi connectivity index (χ2n) is 17.4. The Hall–Kier alpha value is -3.15. The highest BCUT2D eigenvalue weighted by molar-refractivity contribution is 5.71. The molecule has 0 aromatic rings. The van der Waals surface area contributed by atoms with Crippen molar-refractivity contribution < 1.29 is 28.6 Å². The van der Waals surface area contributed by atoms with E-state index in [0.717, 1.165) is 83.5 Å². The average Bonchev–Trinajstić information content (AvgIpc) is 3.28. The van der Waals surface area contributed by atoms with Crippen LogP contribution >= 0.6 is 0 Å². The normalized spacial score (nSPS) is 12.6. The van der Waals surface area contributed by atoms with Crippen LogP contribution in [-0.2, 0) is 28.6 Å². The molecule has 0 unspecified atom stereocenters. The predicted molar refractivity (Wildman–Crippen MR) is 270 cm³/mol. The van der Waals surface area contributed by atoms with Crippen LogP contribution in [0.3, 0.4) is 0 Å². The van der Waals surface area contributed by atoms with Crippen molar-refractivity contribution in [2.75, 3.05) is 13.2 Å². The molecule has 0 aromatic heterocycles. The molecule has 0 spiro atoms. The summed E-state index contributed by atoms with van der Waals surface area (Å²) in [6.45, 7) is 6.46. The summed E-state index contributed by atoms with van der Waals surface area (Å²) in [5.41, 5.74) is 0. The first-order valence-electron chi connectivity index (χ1n) is 26.4. The molecule has 0 fully saturated rings. The summed E-state index contributed by atoms with van der Waals surface area (Å²) in [4.78, 5) is 38.0. The molecular formula is C57H98O6. The second-order valence-corrected chi connectivity index (χ2v) is 17.4. The molecule has 0 bridgehead atoms. The number of hydrogen-bond acceptors (Lipinski definition) is 6. The minimum atomic E-state index is -0.795. The number of ether oxygens (including phenoxy) is 3. The standard InChI is InChI=1S/C57H98O6/c1-4-7-10-13-16-19-22-25-28-31-34-37-40-43-46-49-55(58)61-52-54(63-57(60)51-48-45-42-39-36-33-30-27-24-21-18-15-12-9-6-3)53-62-56(59)50-47-44-41-38-35-32-29-26-23-20-17-14-11-8-5-2/h7,10,16,19-21,23-25,28,34,37,54H,4-6,8-9,11-15,17-18,22,26-27,29-33,35-36,38-53H2,1-3H3/b10-7-,19-16-,23-20-,24-21-,28-25-,37-34-/t54-/m1/s1. The molecule has 6 heteroatoms. The number of hydrogen-bond donors (Lipinski definition) is 0. The van der Waals surface area contributed by atoms with Gasteiger partial charge in [-0.1, -0.05) is 196 Å². The lowest BCUT2D eigenvalue weighted by Crippen LogP contribution is -2.30. The Bertz CT molecular complexity index is 1190. The van der Waals surface area contributed by atoms with Gasteiger partial charge in [-0.2, -0.15) is 0 Å². The fourth-order valence-corrected chi connectivity index (χ4v) is 7.19. The van der Waals surface area contributed by atoms with Crippen LogP contribution in [0.15, 0.2) is 72.9 Å². The van der Waals surface area contributed by atoms with E-state index >= 15 is 0 Å². The third-order valence-corrected chi connectivity index (χ3v) is 11.2. The van der Waals surface area contributed by atoms with Crippen LogP contribution in [0.5, 0.6) is 0 Å². The lowest BCUT2D eigenvalue weighted by atomic mass is 10.1. The number of esters is 3. The van der Waals surface area contributed by atoms with E-state index in [2.05, 4.69) is 93.7 Å². The molecule has 0 N–H and O–H groups in total. The second kappa shape index (κ2) is 51.5. The van der Waals surface area contributed by atoms with Crippen LogP contribution in [0.1, 0.15) is 252 Å². The zero-order valence-corrected chi connectivity index (χ0v) is 41.3. The van der Waals surface area contributed by atoms with E-state index in [1.807, 2.05) is 0 Å². The molecule has 362 valence electrons. The number of rotatable bonds is 47. The van der Waals surface area contributed by atoms with Crippen molar-refractivity contribution in [2.45, 2.75) is 258 Å². The maximum absolute atomic E-state index is 12.8. The minimum Gasteiger partial charge on any atom is -0.462 e. The molecule has 0 saturated heterocycles. The van der Waals surface area contributed by atoms with Gasteiger partial charge < -0.3 is 14.2 Å². The summed E-state index contributed by atoms with van der Waals surface area (Å²) in [6, 6.07) is 0. The van der Waals surface area contributed by atoms with Crippen molar-refractivity contribution in [3.05, 3.63) is 72.9 Å². The van der Waals surface area contributed by atoms with E-state index < -0.39 is 6.10 Å². The lowest BCUT2D eigenvalue weighted by molar-refractivity contribution is -0.167. The fourth-order valence-electron chi connectivity index (χ4n) is 7.19. The monoisotopic (exact) mass is 879 g/mol. The SMILES string of the molecule is CC/C=C\C/C=C\C/C=C\C/C=C\CCCCC(=O)OC[C@H](COC(=O)CCCCCCCCC/C=C\CCCCCC)OC(=O)CCCCCCCCC/C=C\CCCCCC. The molecule has 6 nitrogen and oxygen atoms in total. The van der Waals surface area contributed by atoms with Gasteiger partial charge in [0.1, 0.15) is 13.2 Å². The third-order valence-electron chi connectivity index (χ3n) is 11.2. The van der Waals surface area contributed by atoms with Crippen LogP contribution in [0.4, 0.5) is 0 Å². The van der Waals surface area contributed by atoms with E-state index in [0.29, 0.717) is 19.3 Å². The summed E-state index contributed by atoms with van der Waals surface area (Å²) in [7, 11) is 0. The Kier molecular flexibility index (Phi) is 48.9. The smallest absolute Gasteiger partial charge is 0.306 e. The van der Waals surface area contributed by atoms with Crippen molar-refractivity contribution >= 4 is 17.9 Å². The average molecular weight is 879 g/mol. The third kappa shape index (κ3) is 49.7. The van der Waals surface area contributed by atoms with Crippen molar-refractivity contribution in [1.29, 1.82) is 0 Å². The highest BCUT2D eigenvalue weighted by Gasteiger charge is 2.19. The predicted octanol–water partition coefficient (Wildman–Crippen LogP) is 17.4. The Labute approximate surface area is 389 Å². The molecule has 63 heavy (non-hydrogen) atoms. The number of allylic oxidation sites excluding steroid dienone is 12. The van der Waals surface area contributed by atoms with Gasteiger partial charge in [-0.15, -0.1) is 0 Å². The van der Waals surface area contributed by atoms with Crippen LogP contribution in [0, 0.1) is 0 Å². The molecule has 0 saturated carbocycles. The first kappa shape index (κ1) is 59.9. The largest absolute Gasteiger partial charge is 0.462 e. The summed E-state index contributed by atoms with van der Waals surface area (Å²) in [5, 5.41) is 0. The molecule has 0 aromatic carbocycles. The van der Waals surface area contributed by atoms with Gasteiger partial charge in [-0.3, -0.25) is 14.4 Å². The Balaban J connectivity index is 4.45. The number of unbranched alkanes of at least 4 members (excludes halogenated alkanes) is 24. The van der Waals surface area contributed by atoms with Gasteiger partial charge in [0.25, 0.3) is 0 Å². The molecule has 1 atom stereocenters. The molecule has 0 amide bonds. The van der Waals surface area contributed by atoms with Gasteiger partial charge in [0.05, 0.1) is 0 Å². The van der Waals surface area contributed by atoms with Crippen molar-refractivity contribution in [2.24, 2.45) is 0 Å². The fraction of sp³-hybridized carbons (Fsp3) is 0.737. The van der Waals surface area contributed by atoms with Crippen LogP contribution in [-0.4, -0.2) is 37.2 Å². The van der Waals surface area contributed by atoms with Crippen molar-refractivity contribution in [3.63, 3.8) is 0 Å². The molecular weight excluding hydrogens is 781 g/mol. The number of carbonyl (C=O) groups excluding carboxylic acids is 3. The number of carbonyl (C=O) groups is 3. The molecule has 0 aliphatic carbocycles. The zero-order valence-electron chi connectivity index (χ0n) is 41.3. The maximum atomic E-state index is 12.8. The topological polar surface area (TPSA) is 78.9 Å². The van der Waals surface area contributed by atoms with E-state index in [1.165, 1.54) is 128 Å². The van der Waals surface area contributed by atoms with Crippen molar-refractivity contribution in [1.82, 2.24) is 0 Å². The summed E-state index contributed by atoms with van der Waals surface area (Å²) < 4.78 is 16.8. The van der Waals surface area contributed by atoms with Gasteiger partial charge in [0, 0.05) is 19.3 Å².